The number of carbonyl (C=O) groups excluding carboxylic acids is 2. The molecule has 3 aromatic carbocycles. The van der Waals surface area contributed by atoms with E-state index in [1.54, 1.807) is 18.6 Å². The van der Waals surface area contributed by atoms with Gasteiger partial charge in [0.25, 0.3) is 0 Å². The fourth-order valence-electron chi connectivity index (χ4n) is 8.26. The van der Waals surface area contributed by atoms with Crippen LogP contribution in [0, 0.1) is 0 Å². The number of rotatable bonds is 11. The second-order valence-corrected chi connectivity index (χ2v) is 15.2. The number of nitrogens with one attached hydrogen (secondary N) is 2. The Morgan fingerprint density at radius 2 is 1.00 bits per heavy atom. The van der Waals surface area contributed by atoms with Crippen molar-refractivity contribution in [3.63, 3.8) is 0 Å². The molecule has 3 aromatic heterocycles. The van der Waals surface area contributed by atoms with Crippen LogP contribution in [0.25, 0.3) is 33.9 Å². The minimum absolute atomic E-state index is 0.0816. The Balaban J connectivity index is 0.930. The van der Waals surface area contributed by atoms with Crippen molar-refractivity contribution in [1.82, 2.24) is 49.5 Å². The molecule has 0 spiro atoms. The number of likely N-dealkylation sites (tertiary alicyclic amines) is 2. The SMILES string of the molecule is CN(C)[C@@H](C(=O)N1CCC[C@H]1c1ncc(-c2ccc(-c3ncc(-c4cnc([C@@H]5CCCN5C(=O)[C@@H](c5ccccc5)N(C)C)[nH]4)cn3)cc2)[nH]1)c1ccccc1. The predicted octanol–water partition coefficient (Wildman–Crippen LogP) is 6.86. The highest BCUT2D eigenvalue weighted by Crippen LogP contribution is 2.37. The summed E-state index contributed by atoms with van der Waals surface area (Å²) in [6, 6.07) is 27.0. The van der Waals surface area contributed by atoms with Gasteiger partial charge < -0.3 is 19.8 Å². The van der Waals surface area contributed by atoms with Gasteiger partial charge in [-0.1, -0.05) is 84.9 Å². The number of benzene rings is 3. The number of nitrogens with zero attached hydrogens (tertiary/aromatic N) is 8. The van der Waals surface area contributed by atoms with Crippen LogP contribution in [0.4, 0.5) is 0 Å². The Kier molecular flexibility index (Phi) is 10.6. The van der Waals surface area contributed by atoms with E-state index < -0.39 is 0 Å². The third kappa shape index (κ3) is 7.37. The Labute approximate surface area is 327 Å². The van der Waals surface area contributed by atoms with Crippen LogP contribution >= 0.6 is 0 Å². The third-order valence-electron chi connectivity index (χ3n) is 11.0. The fourth-order valence-corrected chi connectivity index (χ4v) is 8.26. The summed E-state index contributed by atoms with van der Waals surface area (Å²) in [6.45, 7) is 1.40. The molecule has 8 rings (SSSR count). The smallest absolute Gasteiger partial charge is 0.245 e. The number of hydrogen-bond donors (Lipinski definition) is 2. The fraction of sp³-hybridized carbons (Fsp3) is 0.318. The molecule has 0 aliphatic carbocycles. The van der Waals surface area contributed by atoms with Gasteiger partial charge in [-0.2, -0.15) is 0 Å². The molecule has 2 N–H and O–H groups in total. The van der Waals surface area contributed by atoms with Crippen molar-refractivity contribution in [3.05, 3.63) is 132 Å². The lowest BCUT2D eigenvalue weighted by molar-refractivity contribution is -0.138. The zero-order chi connectivity index (χ0) is 38.8. The van der Waals surface area contributed by atoms with Gasteiger partial charge in [-0.3, -0.25) is 19.4 Å². The number of carbonyl (C=O) groups is 2. The number of H-pyrrole nitrogens is 2. The maximum atomic E-state index is 13.9. The summed E-state index contributed by atoms with van der Waals surface area (Å²) in [5.74, 6) is 2.36. The minimum Gasteiger partial charge on any atom is -0.340 e. The molecule has 2 aliphatic heterocycles. The summed E-state index contributed by atoms with van der Waals surface area (Å²) in [6.07, 6.45) is 10.8. The highest BCUT2D eigenvalue weighted by atomic mass is 16.2. The van der Waals surface area contributed by atoms with Gasteiger partial charge in [0.1, 0.15) is 23.7 Å². The lowest BCUT2D eigenvalue weighted by atomic mass is 10.0. The van der Waals surface area contributed by atoms with Crippen molar-refractivity contribution in [2.75, 3.05) is 41.3 Å². The van der Waals surface area contributed by atoms with Gasteiger partial charge in [-0.15, -0.1) is 0 Å². The van der Waals surface area contributed by atoms with E-state index in [9.17, 15) is 9.59 Å². The molecule has 286 valence electrons. The van der Waals surface area contributed by atoms with Crippen molar-refractivity contribution in [2.24, 2.45) is 0 Å². The van der Waals surface area contributed by atoms with E-state index in [1.165, 1.54) is 0 Å². The molecule has 6 aromatic rings. The molecule has 0 unspecified atom stereocenters. The number of amides is 2. The van der Waals surface area contributed by atoms with E-state index in [0.717, 1.165) is 76.5 Å². The summed E-state index contributed by atoms with van der Waals surface area (Å²) < 4.78 is 0. The molecule has 12 nitrogen and oxygen atoms in total. The van der Waals surface area contributed by atoms with Crippen LogP contribution in [0.1, 0.15) is 72.6 Å². The maximum absolute atomic E-state index is 13.9. The molecule has 2 amide bonds. The Hall–Kier alpha value is -5.98. The minimum atomic E-state index is -0.361. The van der Waals surface area contributed by atoms with Gasteiger partial charge >= 0.3 is 0 Å². The van der Waals surface area contributed by atoms with Crippen molar-refractivity contribution >= 4 is 11.8 Å². The molecule has 2 fully saturated rings. The van der Waals surface area contributed by atoms with Crippen LogP contribution in [0.15, 0.2) is 110 Å². The first-order valence-electron chi connectivity index (χ1n) is 19.3. The molecular weight excluding hydrogens is 701 g/mol. The topological polar surface area (TPSA) is 130 Å². The van der Waals surface area contributed by atoms with Gasteiger partial charge in [0.15, 0.2) is 5.82 Å². The third-order valence-corrected chi connectivity index (χ3v) is 11.0. The molecule has 2 saturated heterocycles. The van der Waals surface area contributed by atoms with Gasteiger partial charge in [-0.25, -0.2) is 19.9 Å². The summed E-state index contributed by atoms with van der Waals surface area (Å²) in [5, 5.41) is 0. The van der Waals surface area contributed by atoms with Crippen molar-refractivity contribution in [3.8, 4) is 33.9 Å². The van der Waals surface area contributed by atoms with E-state index in [0.29, 0.717) is 18.9 Å². The van der Waals surface area contributed by atoms with Crippen LogP contribution in [-0.2, 0) is 9.59 Å². The summed E-state index contributed by atoms with van der Waals surface area (Å²) in [5.41, 5.74) is 6.37. The normalized spacial score (nSPS) is 18.2. The van der Waals surface area contributed by atoms with Crippen molar-refractivity contribution < 1.29 is 9.59 Å². The van der Waals surface area contributed by atoms with Crippen LogP contribution in [0.2, 0.25) is 0 Å². The Morgan fingerprint density at radius 1 is 0.571 bits per heavy atom. The van der Waals surface area contributed by atoms with E-state index >= 15 is 0 Å². The van der Waals surface area contributed by atoms with Crippen LogP contribution < -0.4 is 0 Å². The monoisotopic (exact) mass is 748 g/mol. The van der Waals surface area contributed by atoms with Gasteiger partial charge in [0, 0.05) is 36.6 Å². The molecule has 0 radical (unpaired) electrons. The van der Waals surface area contributed by atoms with Crippen LogP contribution in [0.5, 0.6) is 0 Å². The molecule has 4 atom stereocenters. The zero-order valence-electron chi connectivity index (χ0n) is 32.3. The van der Waals surface area contributed by atoms with E-state index in [4.69, 9.17) is 19.9 Å². The first kappa shape index (κ1) is 37.0. The number of imidazole rings is 2. The molecule has 0 saturated carbocycles. The molecule has 0 bridgehead atoms. The molecule has 2 aliphatic rings. The lowest BCUT2D eigenvalue weighted by Gasteiger charge is -2.31. The molecule has 5 heterocycles. The number of likely N-dealkylation sites (N-methyl/N-ethyl adjacent to an activating group) is 2. The highest BCUT2D eigenvalue weighted by Gasteiger charge is 2.38. The van der Waals surface area contributed by atoms with E-state index in [2.05, 4.69) is 9.97 Å². The van der Waals surface area contributed by atoms with Crippen molar-refractivity contribution in [2.45, 2.75) is 49.9 Å². The quantitative estimate of drug-likeness (QED) is 0.147. The number of aromatic nitrogens is 6. The summed E-state index contributed by atoms with van der Waals surface area (Å²) in [7, 11) is 7.80. The average Bonchev–Trinajstić information content (AvgIpc) is 4.06. The zero-order valence-corrected chi connectivity index (χ0v) is 32.3. The van der Waals surface area contributed by atoms with E-state index in [1.807, 2.05) is 139 Å². The van der Waals surface area contributed by atoms with Crippen LogP contribution in [0.3, 0.4) is 0 Å². The number of hydrogen-bond acceptors (Lipinski definition) is 8. The standard InChI is InChI=1S/C44H48N10O2/c1-51(2)38(30-13-7-5-8-14-30)43(55)53-23-11-17-36(53)41-47-27-34(49-41)29-19-21-32(22-20-29)40-45-25-33(26-46-40)35-28-48-42(50-35)37-18-12-24-54(37)44(56)39(52(3)4)31-15-9-6-10-16-31/h5-10,13-16,19-22,25-28,36-39H,11-12,17-18,23-24H2,1-4H3,(H,47,49)(H,48,50)/t36-,37-,38+,39+/m0/s1. The molecule has 56 heavy (non-hydrogen) atoms. The molecular formula is C44H48N10O2. The van der Waals surface area contributed by atoms with Gasteiger partial charge in [0.2, 0.25) is 11.8 Å². The Bertz CT molecular complexity index is 2090. The second-order valence-electron chi connectivity index (χ2n) is 15.2. The second kappa shape index (κ2) is 16.0. The molecule has 12 heteroatoms. The lowest BCUT2D eigenvalue weighted by Crippen LogP contribution is -2.40. The largest absolute Gasteiger partial charge is 0.340 e. The highest BCUT2D eigenvalue weighted by molar-refractivity contribution is 5.84. The van der Waals surface area contributed by atoms with Crippen molar-refractivity contribution in [1.29, 1.82) is 0 Å². The predicted molar refractivity (Wildman–Crippen MR) is 216 cm³/mol. The maximum Gasteiger partial charge on any atom is 0.245 e. The number of aromatic amines is 2. The van der Waals surface area contributed by atoms with E-state index in [-0.39, 0.29) is 36.0 Å². The summed E-state index contributed by atoms with van der Waals surface area (Å²) >= 11 is 0. The summed E-state index contributed by atoms with van der Waals surface area (Å²) in [4.78, 5) is 61.5. The Morgan fingerprint density at radius 3 is 1.45 bits per heavy atom. The first-order chi connectivity index (χ1) is 27.3. The first-order valence-corrected chi connectivity index (χ1v) is 19.3. The average molecular weight is 749 g/mol. The van der Waals surface area contributed by atoms with Gasteiger partial charge in [-0.05, 0) is 70.6 Å². The van der Waals surface area contributed by atoms with Gasteiger partial charge in [0.05, 0.1) is 35.9 Å². The van der Waals surface area contributed by atoms with Crippen LogP contribution in [-0.4, -0.2) is 103 Å².